The van der Waals surface area contributed by atoms with Crippen molar-refractivity contribution >= 4 is 11.6 Å². The summed E-state index contributed by atoms with van der Waals surface area (Å²) in [5.74, 6) is 0. The fraction of sp³-hybridized carbons (Fsp3) is 0.0870. The summed E-state index contributed by atoms with van der Waals surface area (Å²) in [6, 6.07) is 25.9. The first-order valence-corrected chi connectivity index (χ1v) is 9.53. The van der Waals surface area contributed by atoms with Gasteiger partial charge in [-0.25, -0.2) is 9.48 Å². The quantitative estimate of drug-likeness (QED) is 0.537. The van der Waals surface area contributed by atoms with E-state index in [1.54, 1.807) is 24.3 Å². The van der Waals surface area contributed by atoms with Gasteiger partial charge in [0.1, 0.15) is 11.4 Å². The first-order valence-electron chi connectivity index (χ1n) is 9.15. The minimum Gasteiger partial charge on any atom is -0.386 e. The number of aromatic nitrogens is 3. The smallest absolute Gasteiger partial charge is 0.364 e. The van der Waals surface area contributed by atoms with Gasteiger partial charge in [0.25, 0.3) is 0 Å². The zero-order chi connectivity index (χ0) is 20.2. The summed E-state index contributed by atoms with van der Waals surface area (Å²) in [5.41, 5.74) is 2.88. The van der Waals surface area contributed by atoms with Gasteiger partial charge < -0.3 is 5.11 Å². The van der Waals surface area contributed by atoms with Gasteiger partial charge in [-0.2, -0.15) is 10.1 Å². The zero-order valence-electron chi connectivity index (χ0n) is 15.4. The Balaban J connectivity index is 1.78. The van der Waals surface area contributed by atoms with Gasteiger partial charge in [0.05, 0.1) is 12.6 Å². The highest BCUT2D eigenvalue weighted by atomic mass is 35.5. The van der Waals surface area contributed by atoms with Crippen LogP contribution in [0.2, 0.25) is 5.02 Å². The fourth-order valence-corrected chi connectivity index (χ4v) is 3.20. The number of aliphatic hydroxyl groups excluding tert-OH is 1. The molecule has 0 aliphatic rings. The van der Waals surface area contributed by atoms with Crippen LogP contribution in [0.1, 0.15) is 11.7 Å². The molecule has 5 nitrogen and oxygen atoms in total. The van der Waals surface area contributed by atoms with Crippen molar-refractivity contribution in [2.75, 3.05) is 0 Å². The standard InChI is InChI=1S/C23H18ClN3O2/c24-19-13-11-16(12-14-19)20(28)15-27-23(29)25-21(17-7-3-1-4-8-17)22(26-27)18-9-5-2-6-10-18/h1-14,20,28H,15H2. The molecule has 144 valence electrons. The monoisotopic (exact) mass is 403 g/mol. The van der Waals surface area contributed by atoms with Gasteiger partial charge in [-0.1, -0.05) is 84.4 Å². The lowest BCUT2D eigenvalue weighted by Crippen LogP contribution is -2.29. The predicted molar refractivity (Wildman–Crippen MR) is 114 cm³/mol. The number of halogens is 1. The molecule has 3 aromatic carbocycles. The summed E-state index contributed by atoms with van der Waals surface area (Å²) in [6.07, 6.45) is -0.912. The number of hydrogen-bond acceptors (Lipinski definition) is 4. The number of benzene rings is 3. The van der Waals surface area contributed by atoms with Crippen molar-refractivity contribution in [3.8, 4) is 22.5 Å². The Morgan fingerprint density at radius 2 is 1.38 bits per heavy atom. The maximum atomic E-state index is 12.7. The molecule has 6 heteroatoms. The molecule has 1 unspecified atom stereocenters. The lowest BCUT2D eigenvalue weighted by Gasteiger charge is -2.15. The molecule has 1 atom stereocenters. The molecule has 4 rings (SSSR count). The van der Waals surface area contributed by atoms with Crippen LogP contribution < -0.4 is 5.69 Å². The Labute approximate surface area is 172 Å². The van der Waals surface area contributed by atoms with Crippen LogP contribution in [-0.4, -0.2) is 19.9 Å². The van der Waals surface area contributed by atoms with Crippen molar-refractivity contribution in [3.63, 3.8) is 0 Å². The third-order valence-electron chi connectivity index (χ3n) is 4.57. The van der Waals surface area contributed by atoms with Crippen LogP contribution in [0.25, 0.3) is 22.5 Å². The third kappa shape index (κ3) is 4.26. The zero-order valence-corrected chi connectivity index (χ0v) is 16.2. The van der Waals surface area contributed by atoms with Crippen molar-refractivity contribution in [1.29, 1.82) is 0 Å². The van der Waals surface area contributed by atoms with E-state index in [2.05, 4.69) is 10.1 Å². The maximum Gasteiger partial charge on any atom is 0.364 e. The van der Waals surface area contributed by atoms with E-state index in [0.29, 0.717) is 22.0 Å². The van der Waals surface area contributed by atoms with E-state index in [-0.39, 0.29) is 6.54 Å². The molecule has 1 aromatic heterocycles. The predicted octanol–water partition coefficient (Wildman–Crippen LogP) is 4.36. The highest BCUT2D eigenvalue weighted by Crippen LogP contribution is 2.27. The molecule has 1 heterocycles. The molecule has 0 aliphatic carbocycles. The molecule has 0 bridgehead atoms. The van der Waals surface area contributed by atoms with E-state index in [0.717, 1.165) is 11.1 Å². The summed E-state index contributed by atoms with van der Waals surface area (Å²) in [5, 5.41) is 15.7. The average molecular weight is 404 g/mol. The Morgan fingerprint density at radius 1 is 0.828 bits per heavy atom. The minimum absolute atomic E-state index is 0.0115. The van der Waals surface area contributed by atoms with Gasteiger partial charge in [-0.05, 0) is 17.7 Å². The van der Waals surface area contributed by atoms with Gasteiger partial charge in [0.15, 0.2) is 0 Å². The minimum atomic E-state index is -0.912. The summed E-state index contributed by atoms with van der Waals surface area (Å²) < 4.78 is 1.20. The molecule has 0 aliphatic heterocycles. The van der Waals surface area contributed by atoms with E-state index in [1.165, 1.54) is 4.68 Å². The van der Waals surface area contributed by atoms with Crippen molar-refractivity contribution in [2.45, 2.75) is 12.6 Å². The average Bonchev–Trinajstić information content (AvgIpc) is 2.76. The van der Waals surface area contributed by atoms with Crippen LogP contribution in [-0.2, 0) is 6.54 Å². The first kappa shape index (κ1) is 19.1. The van der Waals surface area contributed by atoms with Crippen molar-refractivity contribution in [2.24, 2.45) is 0 Å². The largest absolute Gasteiger partial charge is 0.386 e. The van der Waals surface area contributed by atoms with Gasteiger partial charge >= 0.3 is 5.69 Å². The molecule has 0 fully saturated rings. The molecule has 0 saturated carbocycles. The van der Waals surface area contributed by atoms with Gasteiger partial charge in [0, 0.05) is 16.1 Å². The Morgan fingerprint density at radius 3 is 1.97 bits per heavy atom. The van der Waals surface area contributed by atoms with Crippen LogP contribution in [0.4, 0.5) is 0 Å². The summed E-state index contributed by atoms with van der Waals surface area (Å²) in [7, 11) is 0. The molecule has 0 saturated heterocycles. The molecule has 0 radical (unpaired) electrons. The van der Waals surface area contributed by atoms with E-state index >= 15 is 0 Å². The molecule has 4 aromatic rings. The number of aliphatic hydroxyl groups is 1. The van der Waals surface area contributed by atoms with Crippen LogP contribution >= 0.6 is 11.6 Å². The normalized spacial score (nSPS) is 11.9. The van der Waals surface area contributed by atoms with E-state index < -0.39 is 11.8 Å². The van der Waals surface area contributed by atoms with Crippen LogP contribution in [0.5, 0.6) is 0 Å². The van der Waals surface area contributed by atoms with Crippen LogP contribution in [0.3, 0.4) is 0 Å². The molecular formula is C23H18ClN3O2. The topological polar surface area (TPSA) is 68.0 Å². The van der Waals surface area contributed by atoms with Gasteiger partial charge in [-0.3, -0.25) is 0 Å². The molecular weight excluding hydrogens is 386 g/mol. The van der Waals surface area contributed by atoms with E-state index in [9.17, 15) is 9.90 Å². The maximum absolute atomic E-state index is 12.7. The molecule has 0 amide bonds. The van der Waals surface area contributed by atoms with E-state index in [4.69, 9.17) is 11.6 Å². The highest BCUT2D eigenvalue weighted by Gasteiger charge is 2.17. The highest BCUT2D eigenvalue weighted by molar-refractivity contribution is 6.30. The van der Waals surface area contributed by atoms with Crippen molar-refractivity contribution in [1.82, 2.24) is 14.8 Å². The summed E-state index contributed by atoms with van der Waals surface area (Å²) in [6.45, 7) is -0.0115. The number of rotatable bonds is 5. The fourth-order valence-electron chi connectivity index (χ4n) is 3.08. The van der Waals surface area contributed by atoms with E-state index in [1.807, 2.05) is 60.7 Å². The number of nitrogens with zero attached hydrogens (tertiary/aromatic N) is 3. The summed E-state index contributed by atoms with van der Waals surface area (Å²) in [4.78, 5) is 17.0. The first-order chi connectivity index (χ1) is 14.1. The Bertz CT molecular complexity index is 1160. The lowest BCUT2D eigenvalue weighted by atomic mass is 10.0. The van der Waals surface area contributed by atoms with Crippen molar-refractivity contribution in [3.05, 3.63) is 106 Å². The van der Waals surface area contributed by atoms with Crippen LogP contribution in [0.15, 0.2) is 89.7 Å². The van der Waals surface area contributed by atoms with Gasteiger partial charge in [0.2, 0.25) is 0 Å². The third-order valence-corrected chi connectivity index (χ3v) is 4.82. The Kier molecular flexibility index (Phi) is 5.51. The van der Waals surface area contributed by atoms with Gasteiger partial charge in [-0.15, -0.1) is 0 Å². The van der Waals surface area contributed by atoms with Crippen molar-refractivity contribution < 1.29 is 5.11 Å². The second-order valence-corrected chi connectivity index (χ2v) is 7.01. The second kappa shape index (κ2) is 8.39. The van der Waals surface area contributed by atoms with Crippen LogP contribution in [0, 0.1) is 0 Å². The number of hydrogen-bond donors (Lipinski definition) is 1. The molecule has 1 N–H and O–H groups in total. The SMILES string of the molecule is O=c1nc(-c2ccccc2)c(-c2ccccc2)nn1CC(O)c1ccc(Cl)cc1. The Hall–Kier alpha value is -3.28. The second-order valence-electron chi connectivity index (χ2n) is 6.57. The molecule has 0 spiro atoms. The molecule has 29 heavy (non-hydrogen) atoms. The lowest BCUT2D eigenvalue weighted by molar-refractivity contribution is 0.148. The summed E-state index contributed by atoms with van der Waals surface area (Å²) >= 11 is 5.91.